The molecule has 0 radical (unpaired) electrons. The van der Waals surface area contributed by atoms with E-state index >= 15 is 0 Å². The van der Waals surface area contributed by atoms with Crippen LogP contribution in [-0.2, 0) is 17.8 Å². The van der Waals surface area contributed by atoms with Crippen LogP contribution in [-0.4, -0.2) is 22.7 Å². The fraction of sp³-hybridized carbons (Fsp3) is 0.459. The molecule has 0 fully saturated rings. The maximum Gasteiger partial charge on any atom is 0.227 e. The Morgan fingerprint density at radius 3 is 2.07 bits per heavy atom. The zero-order valence-electron chi connectivity index (χ0n) is 28.8. The topological polar surface area (TPSA) is 94.2 Å². The van der Waals surface area contributed by atoms with Crippen LogP contribution in [0, 0.1) is 11.3 Å². The van der Waals surface area contributed by atoms with Crippen LogP contribution in [0.4, 0.5) is 5.69 Å². The number of hydrogen-bond acceptors (Lipinski definition) is 4. The molecule has 6 nitrogen and oxygen atoms in total. The van der Waals surface area contributed by atoms with Crippen molar-refractivity contribution in [2.75, 3.05) is 5.32 Å². The highest BCUT2D eigenvalue weighted by Crippen LogP contribution is 2.24. The summed E-state index contributed by atoms with van der Waals surface area (Å²) in [5.74, 6) is -0.294. The fourth-order valence-electron chi connectivity index (χ4n) is 4.00. The Labute approximate surface area is 264 Å². The van der Waals surface area contributed by atoms with Gasteiger partial charge in [-0.3, -0.25) is 10.2 Å². The van der Waals surface area contributed by atoms with Crippen LogP contribution in [0.3, 0.4) is 0 Å². The van der Waals surface area contributed by atoms with Gasteiger partial charge in [0.1, 0.15) is 0 Å². The highest BCUT2D eigenvalue weighted by molar-refractivity contribution is 5.80. The predicted molar refractivity (Wildman–Crippen MR) is 190 cm³/mol. The standard InChI is InChI=1S/C31H43N5O.3C2H6/c1-23(2)34-29-18-11-10-16-28(29)21-36(22-32)20-25(4)35-30(37)27(19-24(3)31(5,6)33)17-12-15-26-13-8-7-9-14-26;3*1-2/h7-11,13-14,16,18,20,22,27,32,34H,1,3,12,15,17,19,21,33H2,2,4-6H3,(H,35,37);3*1-2H3/b25-20+,32-22?;;;. The minimum atomic E-state index is -0.551. The lowest BCUT2D eigenvalue weighted by atomic mass is 9.85. The molecule has 0 aliphatic carbocycles. The molecule has 2 aromatic carbocycles. The Balaban J connectivity index is 0. The molecule has 1 unspecified atom stereocenters. The number of amides is 1. The smallest absolute Gasteiger partial charge is 0.227 e. The number of para-hydroxylation sites is 1. The number of nitrogens with two attached hydrogens (primary N) is 1. The predicted octanol–water partition coefficient (Wildman–Crippen LogP) is 9.42. The molecule has 240 valence electrons. The SMILES string of the molecule is C=C(C)Nc1ccccc1CN(C=N)/C=C(\C)NC(=O)C(CCCc1ccccc1)CC(=C)C(C)(C)N.CC.CC.CC. The van der Waals surface area contributed by atoms with Crippen LogP contribution < -0.4 is 16.4 Å². The third kappa shape index (κ3) is 17.8. The lowest BCUT2D eigenvalue weighted by Crippen LogP contribution is -2.37. The van der Waals surface area contributed by atoms with Gasteiger partial charge in [0.15, 0.2) is 0 Å². The molecule has 0 aliphatic rings. The Kier molecular flexibility index (Phi) is 23.0. The molecule has 0 heterocycles. The average molecular weight is 592 g/mol. The zero-order chi connectivity index (χ0) is 33.4. The van der Waals surface area contributed by atoms with E-state index in [1.54, 1.807) is 11.1 Å². The van der Waals surface area contributed by atoms with Crippen molar-refractivity contribution in [1.82, 2.24) is 10.2 Å². The second-order valence-electron chi connectivity index (χ2n) is 10.3. The van der Waals surface area contributed by atoms with Crippen LogP contribution in [0.1, 0.15) is 99.6 Å². The average Bonchev–Trinajstić information content (AvgIpc) is 3.00. The molecule has 0 bridgehead atoms. The van der Waals surface area contributed by atoms with Crippen LogP contribution in [0.15, 0.2) is 90.9 Å². The molecule has 1 atom stereocenters. The third-order valence-corrected chi connectivity index (χ3v) is 6.20. The van der Waals surface area contributed by atoms with Crippen molar-refractivity contribution < 1.29 is 4.79 Å². The quantitative estimate of drug-likeness (QED) is 0.0942. The molecule has 0 saturated heterocycles. The van der Waals surface area contributed by atoms with Crippen molar-refractivity contribution in [2.24, 2.45) is 11.7 Å². The fourth-order valence-corrected chi connectivity index (χ4v) is 4.00. The van der Waals surface area contributed by atoms with Crippen molar-refractivity contribution in [3.05, 3.63) is 102 Å². The van der Waals surface area contributed by atoms with Gasteiger partial charge in [-0.1, -0.05) is 109 Å². The normalized spacial score (nSPS) is 11.1. The lowest BCUT2D eigenvalue weighted by molar-refractivity contribution is -0.124. The lowest BCUT2D eigenvalue weighted by Gasteiger charge is -2.26. The van der Waals surface area contributed by atoms with E-state index < -0.39 is 5.54 Å². The van der Waals surface area contributed by atoms with Crippen LogP contribution >= 0.6 is 0 Å². The second kappa shape index (κ2) is 23.9. The largest absolute Gasteiger partial charge is 0.359 e. The number of benzene rings is 2. The minimum absolute atomic E-state index is 0.0542. The molecule has 0 saturated carbocycles. The summed E-state index contributed by atoms with van der Waals surface area (Å²) in [6, 6.07) is 18.2. The number of rotatable bonds is 15. The number of nitrogens with zero attached hydrogens (tertiary/aromatic N) is 1. The van der Waals surface area contributed by atoms with E-state index in [1.807, 2.05) is 112 Å². The van der Waals surface area contributed by atoms with E-state index in [9.17, 15) is 4.79 Å². The molecular formula is C37H61N5O. The van der Waals surface area contributed by atoms with Crippen LogP contribution in [0.2, 0.25) is 0 Å². The van der Waals surface area contributed by atoms with Gasteiger partial charge in [-0.05, 0) is 70.6 Å². The summed E-state index contributed by atoms with van der Waals surface area (Å²) in [6.07, 6.45) is 6.11. The van der Waals surface area contributed by atoms with Gasteiger partial charge in [0.25, 0.3) is 0 Å². The van der Waals surface area contributed by atoms with E-state index in [0.29, 0.717) is 18.7 Å². The second-order valence-corrected chi connectivity index (χ2v) is 10.3. The van der Waals surface area contributed by atoms with Gasteiger partial charge in [-0.25, -0.2) is 0 Å². The Morgan fingerprint density at radius 1 is 0.977 bits per heavy atom. The van der Waals surface area contributed by atoms with Gasteiger partial charge in [-0.2, -0.15) is 0 Å². The summed E-state index contributed by atoms with van der Waals surface area (Å²) in [7, 11) is 0. The highest BCUT2D eigenvalue weighted by atomic mass is 16.1. The maximum atomic E-state index is 13.3. The third-order valence-electron chi connectivity index (χ3n) is 6.20. The van der Waals surface area contributed by atoms with Crippen molar-refractivity contribution in [3.63, 3.8) is 0 Å². The van der Waals surface area contributed by atoms with Crippen LogP contribution in [0.5, 0.6) is 0 Å². The maximum absolute atomic E-state index is 13.3. The Hall–Kier alpha value is -3.64. The molecule has 2 aromatic rings. The first kappa shape index (κ1) is 41.5. The van der Waals surface area contributed by atoms with E-state index in [-0.39, 0.29) is 11.8 Å². The number of hydrogen-bond donors (Lipinski definition) is 4. The molecule has 0 aliphatic heterocycles. The monoisotopic (exact) mass is 591 g/mol. The van der Waals surface area contributed by atoms with Gasteiger partial charge in [-0.15, -0.1) is 0 Å². The molecule has 6 heteroatoms. The Bertz CT molecular complexity index is 1100. The van der Waals surface area contributed by atoms with E-state index in [0.717, 1.165) is 41.8 Å². The van der Waals surface area contributed by atoms with E-state index in [4.69, 9.17) is 11.1 Å². The molecule has 2 rings (SSSR count). The van der Waals surface area contributed by atoms with Crippen molar-refractivity contribution in [3.8, 4) is 0 Å². The molecule has 43 heavy (non-hydrogen) atoms. The van der Waals surface area contributed by atoms with Gasteiger partial charge in [0.05, 0.1) is 12.9 Å². The number of nitrogens with one attached hydrogen (secondary N) is 3. The van der Waals surface area contributed by atoms with E-state index in [1.165, 1.54) is 11.9 Å². The summed E-state index contributed by atoms with van der Waals surface area (Å²) in [6.45, 7) is 28.1. The van der Waals surface area contributed by atoms with Crippen molar-refractivity contribution >= 4 is 17.9 Å². The molecule has 0 aromatic heterocycles. The summed E-state index contributed by atoms with van der Waals surface area (Å²) in [5.41, 5.74) is 11.3. The van der Waals surface area contributed by atoms with Gasteiger partial charge < -0.3 is 21.3 Å². The number of aryl methyl sites for hydroxylation is 1. The summed E-state index contributed by atoms with van der Waals surface area (Å²) >= 11 is 0. The first-order chi connectivity index (χ1) is 20.5. The van der Waals surface area contributed by atoms with Gasteiger partial charge in [0.2, 0.25) is 5.91 Å². The first-order valence-electron chi connectivity index (χ1n) is 15.8. The van der Waals surface area contributed by atoms with Gasteiger partial charge in [0, 0.05) is 34.7 Å². The molecular weight excluding hydrogens is 530 g/mol. The number of carbonyl (C=O) groups is 1. The minimum Gasteiger partial charge on any atom is -0.359 e. The molecule has 0 spiro atoms. The van der Waals surface area contributed by atoms with Crippen LogP contribution in [0.25, 0.3) is 0 Å². The van der Waals surface area contributed by atoms with Crippen molar-refractivity contribution in [2.45, 2.75) is 107 Å². The van der Waals surface area contributed by atoms with E-state index in [2.05, 4.69) is 35.9 Å². The molecule has 5 N–H and O–H groups in total. The first-order valence-corrected chi connectivity index (χ1v) is 15.8. The summed E-state index contributed by atoms with van der Waals surface area (Å²) in [4.78, 5) is 15.1. The number of allylic oxidation sites excluding steroid dienone is 2. The summed E-state index contributed by atoms with van der Waals surface area (Å²) in [5, 5.41) is 14.2. The van der Waals surface area contributed by atoms with Crippen molar-refractivity contribution in [1.29, 1.82) is 5.41 Å². The van der Waals surface area contributed by atoms with Gasteiger partial charge >= 0.3 is 0 Å². The zero-order valence-corrected chi connectivity index (χ0v) is 28.8. The molecule has 1 amide bonds. The number of carbonyl (C=O) groups excluding carboxylic acids is 1. The summed E-state index contributed by atoms with van der Waals surface area (Å²) < 4.78 is 0. The Morgan fingerprint density at radius 2 is 1.53 bits per heavy atom. The highest BCUT2D eigenvalue weighted by Gasteiger charge is 2.24. The number of anilines is 1.